The minimum absolute atomic E-state index is 0.0121. The topological polar surface area (TPSA) is 79.2 Å². The molecule has 0 bridgehead atoms. The highest BCUT2D eigenvalue weighted by atomic mass is 16.1. The average molecular weight is 454 g/mol. The van der Waals surface area contributed by atoms with E-state index in [2.05, 4.69) is 36.6 Å². The van der Waals surface area contributed by atoms with Gasteiger partial charge in [0.15, 0.2) is 17.0 Å². The van der Waals surface area contributed by atoms with Crippen molar-refractivity contribution in [2.75, 3.05) is 37.6 Å². The van der Waals surface area contributed by atoms with Gasteiger partial charge in [0.1, 0.15) is 12.2 Å². The predicted molar refractivity (Wildman–Crippen MR) is 130 cm³/mol. The minimum atomic E-state index is 0.0121. The zero-order valence-corrected chi connectivity index (χ0v) is 20.1. The molecule has 2 aromatic rings. The van der Waals surface area contributed by atoms with Crippen molar-refractivity contribution in [2.24, 2.45) is 5.92 Å². The Labute approximate surface area is 197 Å². The number of hydrogen-bond acceptors (Lipinski definition) is 6. The molecule has 0 aliphatic carbocycles. The lowest BCUT2D eigenvalue weighted by atomic mass is 9.97. The van der Waals surface area contributed by atoms with E-state index in [1.165, 1.54) is 45.1 Å². The Morgan fingerprint density at radius 1 is 1.06 bits per heavy atom. The maximum Gasteiger partial charge on any atom is 0.224 e. The van der Waals surface area contributed by atoms with Gasteiger partial charge >= 0.3 is 0 Å². The van der Waals surface area contributed by atoms with E-state index in [0.717, 1.165) is 74.7 Å². The largest absolute Gasteiger partial charge is 0.356 e. The molecule has 0 unspecified atom stereocenters. The first-order chi connectivity index (χ1) is 16.2. The van der Waals surface area contributed by atoms with Gasteiger partial charge in [-0.3, -0.25) is 4.79 Å². The lowest BCUT2D eigenvalue weighted by molar-refractivity contribution is -0.125. The van der Waals surface area contributed by atoms with Crippen molar-refractivity contribution >= 4 is 22.9 Å². The van der Waals surface area contributed by atoms with Crippen LogP contribution in [0, 0.1) is 5.92 Å². The molecule has 5 heterocycles. The van der Waals surface area contributed by atoms with E-state index >= 15 is 0 Å². The number of likely N-dealkylation sites (tertiary alicyclic amines) is 1. The van der Waals surface area contributed by atoms with Crippen LogP contribution in [0.4, 0.5) is 5.82 Å². The number of rotatable bonds is 6. The summed E-state index contributed by atoms with van der Waals surface area (Å²) in [6, 6.07) is 0.684. The third-order valence-electron chi connectivity index (χ3n) is 7.83. The van der Waals surface area contributed by atoms with Crippen LogP contribution in [0.25, 0.3) is 11.2 Å². The molecule has 3 aliphatic rings. The number of aromatic nitrogens is 4. The van der Waals surface area contributed by atoms with E-state index in [0.29, 0.717) is 12.6 Å². The number of carbonyl (C=O) groups is 1. The fourth-order valence-corrected chi connectivity index (χ4v) is 5.87. The molecule has 33 heavy (non-hydrogen) atoms. The second-order valence-electron chi connectivity index (χ2n) is 10.2. The number of amides is 1. The summed E-state index contributed by atoms with van der Waals surface area (Å²) < 4.78 is 2.28. The number of hydrogen-bond donors (Lipinski definition) is 1. The molecule has 3 aliphatic heterocycles. The van der Waals surface area contributed by atoms with E-state index in [4.69, 9.17) is 4.98 Å². The van der Waals surface area contributed by atoms with Crippen LogP contribution in [0.5, 0.6) is 0 Å². The maximum atomic E-state index is 12.9. The van der Waals surface area contributed by atoms with Crippen LogP contribution in [0.3, 0.4) is 0 Å². The first-order valence-electron chi connectivity index (χ1n) is 13.2. The second-order valence-corrected chi connectivity index (χ2v) is 10.2. The molecular weight excluding hydrogens is 414 g/mol. The standard InChI is InChI=1S/C25H39N7O/c1-19-9-4-6-13-30(19)15-8-12-26-25(33)20-10-7-14-31(17-20)23-22-24(28-18-27-23)32-16-5-2-3-11-21(32)29-22/h18-20H,2-17H2,1H3,(H,26,33)/t19-,20-/m0/s1. The van der Waals surface area contributed by atoms with E-state index in [1.807, 2.05) is 0 Å². The van der Waals surface area contributed by atoms with Crippen molar-refractivity contribution in [3.63, 3.8) is 0 Å². The maximum absolute atomic E-state index is 12.9. The molecule has 0 aromatic carbocycles. The first kappa shape index (κ1) is 22.6. The monoisotopic (exact) mass is 453 g/mol. The molecule has 0 radical (unpaired) electrons. The number of piperidine rings is 2. The molecule has 2 atom stereocenters. The highest BCUT2D eigenvalue weighted by molar-refractivity contribution is 5.85. The van der Waals surface area contributed by atoms with Gasteiger partial charge in [0.05, 0.1) is 5.92 Å². The summed E-state index contributed by atoms with van der Waals surface area (Å²) in [6.07, 6.45) is 13.2. The number of fused-ring (bicyclic) bond motifs is 3. The molecular formula is C25H39N7O. The van der Waals surface area contributed by atoms with Gasteiger partial charge in [0.2, 0.25) is 5.91 Å². The smallest absolute Gasteiger partial charge is 0.224 e. The number of aryl methyl sites for hydroxylation is 2. The van der Waals surface area contributed by atoms with Crippen LogP contribution in [-0.2, 0) is 17.8 Å². The van der Waals surface area contributed by atoms with E-state index in [1.54, 1.807) is 6.33 Å². The van der Waals surface area contributed by atoms with Gasteiger partial charge in [-0.2, -0.15) is 0 Å². The molecule has 2 saturated heterocycles. The summed E-state index contributed by atoms with van der Waals surface area (Å²) in [5, 5.41) is 3.22. The molecule has 0 spiro atoms. The SMILES string of the molecule is C[C@H]1CCCCN1CCCNC(=O)[C@H]1CCCN(c2ncnc3c2nc2n3CCCCC2)C1. The van der Waals surface area contributed by atoms with Crippen LogP contribution in [0.2, 0.25) is 0 Å². The van der Waals surface area contributed by atoms with Crippen molar-refractivity contribution < 1.29 is 4.79 Å². The minimum Gasteiger partial charge on any atom is -0.356 e. The highest BCUT2D eigenvalue weighted by Crippen LogP contribution is 2.29. The molecule has 8 heteroatoms. The Hall–Kier alpha value is -2.22. The van der Waals surface area contributed by atoms with E-state index < -0.39 is 0 Å². The molecule has 5 rings (SSSR count). The normalized spacial score (nSPS) is 24.5. The lowest BCUT2D eigenvalue weighted by Gasteiger charge is -2.34. The molecule has 2 fully saturated rings. The highest BCUT2D eigenvalue weighted by Gasteiger charge is 2.29. The lowest BCUT2D eigenvalue weighted by Crippen LogP contribution is -2.44. The van der Waals surface area contributed by atoms with Gasteiger partial charge in [-0.05, 0) is 58.4 Å². The van der Waals surface area contributed by atoms with Crippen LogP contribution in [0.1, 0.15) is 70.5 Å². The Morgan fingerprint density at radius 2 is 1.97 bits per heavy atom. The fraction of sp³-hybridized carbons (Fsp3) is 0.760. The van der Waals surface area contributed by atoms with Gasteiger partial charge in [-0.1, -0.05) is 12.8 Å². The van der Waals surface area contributed by atoms with Crippen LogP contribution in [0.15, 0.2) is 6.33 Å². The van der Waals surface area contributed by atoms with Crippen molar-refractivity contribution in [3.8, 4) is 0 Å². The van der Waals surface area contributed by atoms with E-state index in [9.17, 15) is 4.79 Å². The molecule has 1 amide bonds. The number of imidazole rings is 1. The molecule has 0 saturated carbocycles. The number of nitrogens with zero attached hydrogens (tertiary/aromatic N) is 6. The van der Waals surface area contributed by atoms with Gasteiger partial charge in [0, 0.05) is 45.2 Å². The summed E-state index contributed by atoms with van der Waals surface area (Å²) in [5.41, 5.74) is 1.86. The third kappa shape index (κ3) is 5.00. The summed E-state index contributed by atoms with van der Waals surface area (Å²) in [4.78, 5) is 32.0. The molecule has 180 valence electrons. The van der Waals surface area contributed by atoms with Crippen molar-refractivity contribution in [2.45, 2.75) is 83.7 Å². The Bertz CT molecular complexity index is 958. The molecule has 1 N–H and O–H groups in total. The average Bonchev–Trinajstić information content (AvgIpc) is 3.03. The summed E-state index contributed by atoms with van der Waals surface area (Å²) in [7, 11) is 0. The second kappa shape index (κ2) is 10.4. The van der Waals surface area contributed by atoms with Crippen molar-refractivity contribution in [3.05, 3.63) is 12.2 Å². The van der Waals surface area contributed by atoms with E-state index in [-0.39, 0.29) is 11.8 Å². The molecule has 8 nitrogen and oxygen atoms in total. The fourth-order valence-electron chi connectivity index (χ4n) is 5.87. The summed E-state index contributed by atoms with van der Waals surface area (Å²) in [5.74, 6) is 2.24. The Morgan fingerprint density at radius 3 is 2.88 bits per heavy atom. The van der Waals surface area contributed by atoms with Crippen LogP contribution < -0.4 is 10.2 Å². The van der Waals surface area contributed by atoms with Crippen LogP contribution in [-0.4, -0.2) is 69.1 Å². The van der Waals surface area contributed by atoms with Gasteiger partial charge in [-0.15, -0.1) is 0 Å². The quantitative estimate of drug-likeness (QED) is 0.677. The predicted octanol–water partition coefficient (Wildman–Crippen LogP) is 3.15. The van der Waals surface area contributed by atoms with Gasteiger partial charge in [0.25, 0.3) is 0 Å². The Kier molecular flexibility index (Phi) is 7.09. The molecule has 2 aromatic heterocycles. The number of carbonyl (C=O) groups excluding carboxylic acids is 1. The zero-order chi connectivity index (χ0) is 22.6. The van der Waals surface area contributed by atoms with Gasteiger partial charge in [-0.25, -0.2) is 15.0 Å². The Balaban J connectivity index is 1.19. The summed E-state index contributed by atoms with van der Waals surface area (Å²) in [6.45, 7) is 8.01. The first-order valence-corrected chi connectivity index (χ1v) is 13.2. The number of anilines is 1. The zero-order valence-electron chi connectivity index (χ0n) is 20.1. The third-order valence-corrected chi connectivity index (χ3v) is 7.83. The summed E-state index contributed by atoms with van der Waals surface area (Å²) >= 11 is 0. The van der Waals surface area contributed by atoms with Crippen molar-refractivity contribution in [1.29, 1.82) is 0 Å². The van der Waals surface area contributed by atoms with Gasteiger partial charge < -0.3 is 19.7 Å². The van der Waals surface area contributed by atoms with Crippen molar-refractivity contribution in [1.82, 2.24) is 29.7 Å². The number of nitrogens with one attached hydrogen (secondary N) is 1. The van der Waals surface area contributed by atoms with Crippen LogP contribution >= 0.6 is 0 Å².